The van der Waals surface area contributed by atoms with Crippen LogP contribution in [0.25, 0.3) is 10.9 Å². The van der Waals surface area contributed by atoms with Gasteiger partial charge in [-0.1, -0.05) is 26.7 Å². The molecule has 0 bridgehead atoms. The highest BCUT2D eigenvalue weighted by Crippen LogP contribution is 2.37. The van der Waals surface area contributed by atoms with E-state index < -0.39 is 11.9 Å². The fraction of sp³-hybridized carbons (Fsp3) is 0.522. The van der Waals surface area contributed by atoms with Gasteiger partial charge in [-0.05, 0) is 50.3 Å². The summed E-state index contributed by atoms with van der Waals surface area (Å²) in [6.07, 6.45) is 4.46. The van der Waals surface area contributed by atoms with Crippen molar-refractivity contribution in [2.24, 2.45) is 0 Å². The third-order valence-corrected chi connectivity index (χ3v) is 5.05. The van der Waals surface area contributed by atoms with Crippen molar-refractivity contribution in [1.82, 2.24) is 4.57 Å². The monoisotopic (exact) mass is 413 g/mol. The van der Waals surface area contributed by atoms with Crippen LogP contribution in [0.5, 0.6) is 0 Å². The fourth-order valence-electron chi connectivity index (χ4n) is 3.84. The lowest BCUT2D eigenvalue weighted by atomic mass is 9.92. The highest BCUT2D eigenvalue weighted by atomic mass is 16.5. The van der Waals surface area contributed by atoms with Crippen LogP contribution in [-0.4, -0.2) is 29.7 Å². The smallest absolute Gasteiger partial charge is 0.357 e. The molecule has 0 aliphatic carbocycles. The zero-order valence-electron chi connectivity index (χ0n) is 18.3. The first-order valence-corrected chi connectivity index (χ1v) is 10.6. The molecule has 1 aromatic carbocycles. The summed E-state index contributed by atoms with van der Waals surface area (Å²) in [6, 6.07) is 4.10. The van der Waals surface area contributed by atoms with E-state index in [1.165, 1.54) is 4.57 Å². The number of nitrogens with zero attached hydrogens (tertiary/aromatic N) is 2. The number of ether oxygens (including phenoxy) is 2. The molecule has 2 rings (SSSR count). The van der Waals surface area contributed by atoms with Crippen LogP contribution >= 0.6 is 0 Å². The zero-order chi connectivity index (χ0) is 22.3. The lowest BCUT2D eigenvalue weighted by molar-refractivity contribution is -0.143. The molecule has 0 saturated carbocycles. The van der Waals surface area contributed by atoms with Crippen LogP contribution in [0.2, 0.25) is 0 Å². The lowest BCUT2D eigenvalue weighted by Crippen LogP contribution is -2.20. The van der Waals surface area contributed by atoms with Crippen molar-refractivity contribution in [3.63, 3.8) is 0 Å². The number of esters is 2. The maximum atomic E-state index is 12.8. The van der Waals surface area contributed by atoms with E-state index in [0.717, 1.165) is 43.2 Å². The average molecular weight is 414 g/mol. The number of anilines is 1. The fourth-order valence-corrected chi connectivity index (χ4v) is 3.84. The molecule has 0 fully saturated rings. The molecule has 0 aliphatic heterocycles. The van der Waals surface area contributed by atoms with E-state index in [2.05, 4.69) is 19.9 Å². The minimum atomic E-state index is -0.613. The van der Waals surface area contributed by atoms with E-state index >= 15 is 0 Å². The third-order valence-electron chi connectivity index (χ3n) is 5.05. The topological polar surface area (TPSA) is 107 Å². The first-order valence-electron chi connectivity index (χ1n) is 10.6. The van der Waals surface area contributed by atoms with Crippen LogP contribution in [0, 0.1) is 11.3 Å². The Bertz CT molecular complexity index is 969. The van der Waals surface area contributed by atoms with E-state index in [0.29, 0.717) is 16.5 Å². The second kappa shape index (κ2) is 10.7. The van der Waals surface area contributed by atoms with Crippen molar-refractivity contribution in [3.05, 3.63) is 28.5 Å². The van der Waals surface area contributed by atoms with Gasteiger partial charge in [0.05, 0.1) is 30.0 Å². The van der Waals surface area contributed by atoms with Crippen LogP contribution in [0.4, 0.5) is 5.69 Å². The Morgan fingerprint density at radius 3 is 2.37 bits per heavy atom. The second-order valence-corrected chi connectivity index (χ2v) is 7.12. The maximum absolute atomic E-state index is 12.8. The molecule has 0 saturated heterocycles. The Hall–Kier alpha value is -3.01. The lowest BCUT2D eigenvalue weighted by Gasteiger charge is -2.14. The molecule has 0 radical (unpaired) electrons. The predicted molar refractivity (Wildman–Crippen MR) is 116 cm³/mol. The number of hydrogen-bond donors (Lipinski definition) is 1. The Morgan fingerprint density at radius 1 is 1.10 bits per heavy atom. The first kappa shape index (κ1) is 23.3. The average Bonchev–Trinajstić information content (AvgIpc) is 2.99. The normalized spacial score (nSPS) is 10.8. The molecule has 0 unspecified atom stereocenters. The minimum Gasteiger partial charge on any atom is -0.465 e. The third kappa shape index (κ3) is 4.59. The molecule has 0 aliphatic rings. The highest BCUT2D eigenvalue weighted by molar-refractivity contribution is 6.09. The molecule has 162 valence electrons. The summed E-state index contributed by atoms with van der Waals surface area (Å²) in [7, 11) is 0. The van der Waals surface area contributed by atoms with Crippen LogP contribution < -0.4 is 5.73 Å². The second-order valence-electron chi connectivity index (χ2n) is 7.12. The summed E-state index contributed by atoms with van der Waals surface area (Å²) in [5.74, 6) is -1.12. The number of aryl methyl sites for hydroxylation is 2. The van der Waals surface area contributed by atoms with Crippen LogP contribution in [-0.2, 0) is 33.7 Å². The number of carbonyl (C=O) groups excluding carboxylic acids is 2. The minimum absolute atomic E-state index is 0.0998. The van der Waals surface area contributed by atoms with Crippen molar-refractivity contribution >= 4 is 28.5 Å². The van der Waals surface area contributed by atoms with Gasteiger partial charge >= 0.3 is 11.9 Å². The van der Waals surface area contributed by atoms with Crippen LogP contribution in [0.15, 0.2) is 6.07 Å². The largest absolute Gasteiger partial charge is 0.465 e. The van der Waals surface area contributed by atoms with Gasteiger partial charge in [0.2, 0.25) is 0 Å². The summed E-state index contributed by atoms with van der Waals surface area (Å²) in [5.41, 5.74) is 9.84. The molecule has 7 heteroatoms. The summed E-state index contributed by atoms with van der Waals surface area (Å²) in [5, 5.41) is 10.5. The van der Waals surface area contributed by atoms with Crippen molar-refractivity contribution in [2.45, 2.75) is 66.3 Å². The van der Waals surface area contributed by atoms with Crippen LogP contribution in [0.3, 0.4) is 0 Å². The standard InChI is InChI=1S/C23H31N3O4/c1-5-9-11-17-15(10-6-2)12-16(13-24)21-19(17)20(25)22(23(28)30-8-4)26(21)14-18(27)29-7-3/h12H,5-11,14,25H2,1-4H3. The van der Waals surface area contributed by atoms with Gasteiger partial charge in [0.1, 0.15) is 12.6 Å². The van der Waals surface area contributed by atoms with E-state index in [9.17, 15) is 14.9 Å². The van der Waals surface area contributed by atoms with Crippen molar-refractivity contribution in [2.75, 3.05) is 18.9 Å². The van der Waals surface area contributed by atoms with Gasteiger partial charge in [-0.2, -0.15) is 5.26 Å². The van der Waals surface area contributed by atoms with Gasteiger partial charge in [0.25, 0.3) is 0 Å². The summed E-state index contributed by atoms with van der Waals surface area (Å²) in [6.45, 7) is 7.79. The Morgan fingerprint density at radius 2 is 1.80 bits per heavy atom. The molecule has 7 nitrogen and oxygen atoms in total. The molecule has 1 aromatic heterocycles. The van der Waals surface area contributed by atoms with E-state index in [-0.39, 0.29) is 31.1 Å². The first-order chi connectivity index (χ1) is 14.4. The number of benzene rings is 1. The van der Waals surface area contributed by atoms with E-state index in [4.69, 9.17) is 15.2 Å². The number of hydrogen-bond acceptors (Lipinski definition) is 6. The molecule has 2 N–H and O–H groups in total. The van der Waals surface area contributed by atoms with Gasteiger partial charge in [0, 0.05) is 5.39 Å². The number of rotatable bonds is 10. The molecule has 2 aromatic rings. The van der Waals surface area contributed by atoms with E-state index in [1.54, 1.807) is 13.8 Å². The number of nitrogen functional groups attached to an aromatic ring is 1. The highest BCUT2D eigenvalue weighted by Gasteiger charge is 2.28. The number of unbranched alkanes of at least 4 members (excludes halogenated alkanes) is 1. The number of nitriles is 1. The quantitative estimate of drug-likeness (QED) is 0.587. The molecule has 1 heterocycles. The number of fused-ring (bicyclic) bond motifs is 1. The summed E-state index contributed by atoms with van der Waals surface area (Å²) >= 11 is 0. The molecule has 0 atom stereocenters. The molecular formula is C23H31N3O4. The van der Waals surface area contributed by atoms with Gasteiger partial charge in [0.15, 0.2) is 5.69 Å². The predicted octanol–water partition coefficient (Wildman–Crippen LogP) is 4.13. The van der Waals surface area contributed by atoms with Crippen molar-refractivity contribution in [1.29, 1.82) is 5.26 Å². The van der Waals surface area contributed by atoms with Crippen molar-refractivity contribution in [3.8, 4) is 6.07 Å². The Balaban J connectivity index is 2.92. The van der Waals surface area contributed by atoms with Gasteiger partial charge in [-0.3, -0.25) is 4.79 Å². The SMILES string of the molecule is CCCCc1c(CCC)cc(C#N)c2c1c(N)c(C(=O)OCC)n2CC(=O)OCC. The molecular weight excluding hydrogens is 382 g/mol. The molecule has 0 amide bonds. The summed E-state index contributed by atoms with van der Waals surface area (Å²) < 4.78 is 11.8. The van der Waals surface area contributed by atoms with E-state index in [1.807, 2.05) is 6.07 Å². The maximum Gasteiger partial charge on any atom is 0.357 e. The summed E-state index contributed by atoms with van der Waals surface area (Å²) in [4.78, 5) is 25.1. The number of aromatic nitrogens is 1. The molecule has 30 heavy (non-hydrogen) atoms. The van der Waals surface area contributed by atoms with Gasteiger partial charge < -0.3 is 19.8 Å². The van der Waals surface area contributed by atoms with Crippen LogP contribution in [0.1, 0.15) is 74.1 Å². The zero-order valence-corrected chi connectivity index (χ0v) is 18.3. The van der Waals surface area contributed by atoms with Gasteiger partial charge in [-0.15, -0.1) is 0 Å². The van der Waals surface area contributed by atoms with Gasteiger partial charge in [-0.25, -0.2) is 4.79 Å². The van der Waals surface area contributed by atoms with Crippen molar-refractivity contribution < 1.29 is 19.1 Å². The Kier molecular flexibility index (Phi) is 8.28. The Labute approximate surface area is 177 Å². The number of carbonyl (C=O) groups is 2. The number of nitrogens with two attached hydrogens (primary N) is 1. The molecule has 0 spiro atoms.